The molecule has 1 aliphatic rings. The van der Waals surface area contributed by atoms with Crippen LogP contribution in [0.5, 0.6) is 11.5 Å². The Bertz CT molecular complexity index is 842. The normalized spacial score (nSPS) is 12.8. The molecule has 0 aromatic heterocycles. The van der Waals surface area contributed by atoms with Crippen LogP contribution in [0.3, 0.4) is 0 Å². The summed E-state index contributed by atoms with van der Waals surface area (Å²) in [5.41, 5.74) is 3.84. The monoisotopic (exact) mass is 524 g/mol. The standard InChI is InChI=1S/C23H32N4O2.HI/c1-17(2)27(4)15-20-8-6-5-7-19(20)14-26-23(24-3)25-12-11-18-9-10-21-22(13-18)29-16-28-21;/h5-10,13,17H,11-12,14-16H2,1-4H3,(H2,24,25,26);1H. The summed E-state index contributed by atoms with van der Waals surface area (Å²) in [6.07, 6.45) is 0.882. The van der Waals surface area contributed by atoms with Gasteiger partial charge in [-0.05, 0) is 56.1 Å². The van der Waals surface area contributed by atoms with Crippen molar-refractivity contribution in [2.45, 2.75) is 39.4 Å². The number of hydrogen-bond donors (Lipinski definition) is 2. The van der Waals surface area contributed by atoms with E-state index in [1.165, 1.54) is 16.7 Å². The molecular formula is C23H33IN4O2. The lowest BCUT2D eigenvalue weighted by molar-refractivity contribution is 0.174. The van der Waals surface area contributed by atoms with Gasteiger partial charge < -0.3 is 20.1 Å². The van der Waals surface area contributed by atoms with Crippen LogP contribution in [-0.2, 0) is 19.5 Å². The number of nitrogens with zero attached hydrogens (tertiary/aromatic N) is 2. The van der Waals surface area contributed by atoms with Gasteiger partial charge >= 0.3 is 0 Å². The molecule has 0 amide bonds. The zero-order valence-electron chi connectivity index (χ0n) is 18.3. The van der Waals surface area contributed by atoms with Crippen LogP contribution in [0.1, 0.15) is 30.5 Å². The molecule has 1 aliphatic heterocycles. The van der Waals surface area contributed by atoms with Gasteiger partial charge in [-0.3, -0.25) is 9.89 Å². The van der Waals surface area contributed by atoms with Crippen molar-refractivity contribution in [1.82, 2.24) is 15.5 Å². The first-order valence-electron chi connectivity index (χ1n) is 10.2. The number of benzene rings is 2. The summed E-state index contributed by atoms with van der Waals surface area (Å²) in [7, 11) is 3.96. The predicted octanol–water partition coefficient (Wildman–Crippen LogP) is 3.78. The second kappa shape index (κ2) is 12.0. The average molecular weight is 524 g/mol. The molecule has 0 aliphatic carbocycles. The Hall–Kier alpha value is -2.00. The SMILES string of the molecule is CN=C(NCCc1ccc2c(c1)OCO2)NCc1ccccc1CN(C)C(C)C.I. The summed E-state index contributed by atoms with van der Waals surface area (Å²) in [6.45, 7) is 7.20. The Balaban J connectivity index is 0.00000320. The van der Waals surface area contributed by atoms with Gasteiger partial charge in [0.1, 0.15) is 0 Å². The predicted molar refractivity (Wildman–Crippen MR) is 133 cm³/mol. The molecule has 164 valence electrons. The number of guanidine groups is 1. The van der Waals surface area contributed by atoms with Gasteiger partial charge in [-0.2, -0.15) is 0 Å². The maximum absolute atomic E-state index is 5.45. The first-order chi connectivity index (χ1) is 14.1. The molecule has 0 saturated heterocycles. The van der Waals surface area contributed by atoms with Gasteiger partial charge in [0.25, 0.3) is 0 Å². The van der Waals surface area contributed by atoms with Crippen molar-refractivity contribution in [2.24, 2.45) is 4.99 Å². The zero-order valence-corrected chi connectivity index (χ0v) is 20.6. The number of fused-ring (bicyclic) bond motifs is 1. The van der Waals surface area contributed by atoms with E-state index in [1.54, 1.807) is 7.05 Å². The molecule has 1 heterocycles. The highest BCUT2D eigenvalue weighted by atomic mass is 127. The number of rotatable bonds is 8. The van der Waals surface area contributed by atoms with Crippen molar-refractivity contribution in [2.75, 3.05) is 27.4 Å². The first kappa shape index (κ1) is 24.3. The second-order valence-electron chi connectivity index (χ2n) is 7.57. The topological polar surface area (TPSA) is 58.1 Å². The highest BCUT2D eigenvalue weighted by molar-refractivity contribution is 14.0. The summed E-state index contributed by atoms with van der Waals surface area (Å²) < 4.78 is 10.8. The Kier molecular flexibility index (Phi) is 9.71. The van der Waals surface area contributed by atoms with Crippen molar-refractivity contribution in [3.05, 3.63) is 59.2 Å². The number of halogens is 1. The van der Waals surface area contributed by atoms with Gasteiger partial charge in [-0.15, -0.1) is 24.0 Å². The minimum absolute atomic E-state index is 0. The van der Waals surface area contributed by atoms with E-state index in [-0.39, 0.29) is 24.0 Å². The van der Waals surface area contributed by atoms with E-state index in [1.807, 2.05) is 12.1 Å². The third-order valence-corrected chi connectivity index (χ3v) is 5.23. The summed E-state index contributed by atoms with van der Waals surface area (Å²) in [4.78, 5) is 6.69. The van der Waals surface area contributed by atoms with Crippen LogP contribution >= 0.6 is 24.0 Å². The van der Waals surface area contributed by atoms with Crippen LogP contribution in [0.25, 0.3) is 0 Å². The van der Waals surface area contributed by atoms with E-state index in [0.29, 0.717) is 12.8 Å². The van der Waals surface area contributed by atoms with Gasteiger partial charge in [0.2, 0.25) is 6.79 Å². The van der Waals surface area contributed by atoms with Gasteiger partial charge in [-0.1, -0.05) is 30.3 Å². The highest BCUT2D eigenvalue weighted by Gasteiger charge is 2.13. The maximum Gasteiger partial charge on any atom is 0.231 e. The Labute approximate surface area is 197 Å². The molecule has 0 saturated carbocycles. The summed E-state index contributed by atoms with van der Waals surface area (Å²) >= 11 is 0. The molecule has 3 rings (SSSR count). The van der Waals surface area contributed by atoms with E-state index >= 15 is 0 Å². The molecule has 0 atom stereocenters. The van der Waals surface area contributed by atoms with Crippen molar-refractivity contribution in [3.8, 4) is 11.5 Å². The molecular weight excluding hydrogens is 491 g/mol. The van der Waals surface area contributed by atoms with Crippen molar-refractivity contribution in [1.29, 1.82) is 0 Å². The Morgan fingerprint density at radius 3 is 2.53 bits per heavy atom. The van der Waals surface area contributed by atoms with Gasteiger partial charge in [-0.25, -0.2) is 0 Å². The fourth-order valence-corrected chi connectivity index (χ4v) is 3.16. The molecule has 0 spiro atoms. The molecule has 2 aromatic rings. The quantitative estimate of drug-likeness (QED) is 0.313. The number of ether oxygens (including phenoxy) is 2. The van der Waals surface area contributed by atoms with E-state index in [9.17, 15) is 0 Å². The van der Waals surface area contributed by atoms with E-state index in [2.05, 4.69) is 71.8 Å². The second-order valence-corrected chi connectivity index (χ2v) is 7.57. The Morgan fingerprint density at radius 2 is 1.80 bits per heavy atom. The number of nitrogens with one attached hydrogen (secondary N) is 2. The van der Waals surface area contributed by atoms with E-state index in [4.69, 9.17) is 9.47 Å². The summed E-state index contributed by atoms with van der Waals surface area (Å²) in [5, 5.41) is 6.82. The maximum atomic E-state index is 5.45. The number of aliphatic imine (C=N–C) groups is 1. The molecule has 2 N–H and O–H groups in total. The minimum Gasteiger partial charge on any atom is -0.454 e. The summed E-state index contributed by atoms with van der Waals surface area (Å²) in [5.74, 6) is 2.45. The highest BCUT2D eigenvalue weighted by Crippen LogP contribution is 2.32. The third-order valence-electron chi connectivity index (χ3n) is 5.23. The summed E-state index contributed by atoms with van der Waals surface area (Å²) in [6, 6.07) is 15.2. The molecule has 0 bridgehead atoms. The van der Waals surface area contributed by atoms with Crippen LogP contribution in [0.15, 0.2) is 47.5 Å². The van der Waals surface area contributed by atoms with Gasteiger partial charge in [0.05, 0.1) is 0 Å². The third kappa shape index (κ3) is 6.77. The van der Waals surface area contributed by atoms with E-state index < -0.39 is 0 Å². The van der Waals surface area contributed by atoms with Crippen LogP contribution in [0.4, 0.5) is 0 Å². The van der Waals surface area contributed by atoms with Crippen LogP contribution in [0.2, 0.25) is 0 Å². The van der Waals surface area contributed by atoms with Crippen molar-refractivity contribution >= 4 is 29.9 Å². The van der Waals surface area contributed by atoms with Crippen molar-refractivity contribution in [3.63, 3.8) is 0 Å². The van der Waals surface area contributed by atoms with E-state index in [0.717, 1.165) is 43.5 Å². The molecule has 7 heteroatoms. The number of hydrogen-bond acceptors (Lipinski definition) is 4. The van der Waals surface area contributed by atoms with Crippen molar-refractivity contribution < 1.29 is 9.47 Å². The molecule has 6 nitrogen and oxygen atoms in total. The fourth-order valence-electron chi connectivity index (χ4n) is 3.16. The molecule has 2 aromatic carbocycles. The lowest BCUT2D eigenvalue weighted by Crippen LogP contribution is -2.38. The minimum atomic E-state index is 0. The molecule has 30 heavy (non-hydrogen) atoms. The molecule has 0 fully saturated rings. The van der Waals surface area contributed by atoms with Gasteiger partial charge in [0.15, 0.2) is 17.5 Å². The molecule has 0 unspecified atom stereocenters. The lowest BCUT2D eigenvalue weighted by Gasteiger charge is -2.23. The largest absolute Gasteiger partial charge is 0.454 e. The van der Waals surface area contributed by atoms with Crippen LogP contribution in [0, 0.1) is 0 Å². The smallest absolute Gasteiger partial charge is 0.231 e. The van der Waals surface area contributed by atoms with Gasteiger partial charge in [0, 0.05) is 32.7 Å². The van der Waals surface area contributed by atoms with Crippen LogP contribution < -0.4 is 20.1 Å². The zero-order chi connectivity index (χ0) is 20.6. The average Bonchev–Trinajstić information content (AvgIpc) is 3.19. The van der Waals surface area contributed by atoms with Crippen LogP contribution in [-0.4, -0.2) is 44.3 Å². The Morgan fingerprint density at radius 1 is 1.07 bits per heavy atom. The lowest BCUT2D eigenvalue weighted by atomic mass is 10.1. The first-order valence-corrected chi connectivity index (χ1v) is 10.2. The fraction of sp³-hybridized carbons (Fsp3) is 0.435. The molecule has 0 radical (unpaired) electrons.